The zero-order valence-electron chi connectivity index (χ0n) is 13.7. The molecule has 0 heterocycles. The Labute approximate surface area is 140 Å². The largest absolute Gasteiger partial charge is 0.465 e. The third kappa shape index (κ3) is 4.78. The lowest BCUT2D eigenvalue weighted by Crippen LogP contribution is -2.01. The molecule has 0 bridgehead atoms. The number of benzene rings is 2. The van der Waals surface area contributed by atoms with E-state index in [1.165, 1.54) is 14.2 Å². The molecule has 0 saturated carbocycles. The molecule has 0 radical (unpaired) electrons. The van der Waals surface area contributed by atoms with E-state index >= 15 is 0 Å². The molecule has 5 heteroatoms. The number of aliphatic imine (C=N–C) groups is 1. The van der Waals surface area contributed by atoms with Crippen LogP contribution in [0.15, 0.2) is 53.5 Å². The number of hydrogen-bond acceptors (Lipinski definition) is 5. The van der Waals surface area contributed by atoms with E-state index < -0.39 is 0 Å². The van der Waals surface area contributed by atoms with Crippen LogP contribution in [0.4, 0.5) is 0 Å². The number of rotatable bonds is 6. The van der Waals surface area contributed by atoms with Gasteiger partial charge in [0.05, 0.1) is 25.3 Å². The third-order valence-electron chi connectivity index (χ3n) is 3.48. The van der Waals surface area contributed by atoms with Crippen LogP contribution in [0.3, 0.4) is 0 Å². The molecular weight excluding hydrogens is 306 g/mol. The molecule has 0 atom stereocenters. The van der Waals surface area contributed by atoms with Gasteiger partial charge in [-0.3, -0.25) is 4.99 Å². The molecule has 0 aliphatic carbocycles. The number of carbonyl (C=O) groups excluding carboxylic acids is 2. The molecule has 124 valence electrons. The second kappa shape index (κ2) is 8.62. The van der Waals surface area contributed by atoms with Crippen molar-refractivity contribution >= 4 is 18.2 Å². The molecule has 5 nitrogen and oxygen atoms in total. The van der Waals surface area contributed by atoms with E-state index in [1.54, 1.807) is 30.5 Å². The average Bonchev–Trinajstić information content (AvgIpc) is 2.65. The van der Waals surface area contributed by atoms with Gasteiger partial charge < -0.3 is 9.47 Å². The van der Waals surface area contributed by atoms with Gasteiger partial charge in [0, 0.05) is 12.8 Å². The van der Waals surface area contributed by atoms with Crippen molar-refractivity contribution in [1.82, 2.24) is 0 Å². The highest BCUT2D eigenvalue weighted by Crippen LogP contribution is 2.07. The van der Waals surface area contributed by atoms with E-state index in [9.17, 15) is 9.59 Å². The minimum atomic E-state index is -0.353. The Balaban J connectivity index is 1.86. The lowest BCUT2D eigenvalue weighted by atomic mass is 10.1. The summed E-state index contributed by atoms with van der Waals surface area (Å²) < 4.78 is 9.32. The number of ether oxygens (including phenoxy) is 2. The van der Waals surface area contributed by atoms with Crippen molar-refractivity contribution in [3.05, 3.63) is 70.8 Å². The van der Waals surface area contributed by atoms with E-state index in [1.807, 2.05) is 24.3 Å². The van der Waals surface area contributed by atoms with E-state index in [-0.39, 0.29) is 11.9 Å². The van der Waals surface area contributed by atoms with Crippen LogP contribution in [-0.4, -0.2) is 38.9 Å². The summed E-state index contributed by atoms with van der Waals surface area (Å²) in [5.41, 5.74) is 3.07. The topological polar surface area (TPSA) is 65.0 Å². The molecule has 0 amide bonds. The fraction of sp³-hybridized carbons (Fsp3) is 0.211. The van der Waals surface area contributed by atoms with Gasteiger partial charge >= 0.3 is 11.9 Å². The summed E-state index contributed by atoms with van der Waals surface area (Å²) in [6, 6.07) is 14.3. The summed E-state index contributed by atoms with van der Waals surface area (Å²) in [7, 11) is 2.72. The Kier molecular flexibility index (Phi) is 6.25. The van der Waals surface area contributed by atoms with Gasteiger partial charge in [-0.2, -0.15) is 0 Å². The van der Waals surface area contributed by atoms with Crippen molar-refractivity contribution in [3.8, 4) is 0 Å². The molecule has 0 aliphatic heterocycles. The van der Waals surface area contributed by atoms with Crippen LogP contribution in [0.1, 0.15) is 31.8 Å². The van der Waals surface area contributed by atoms with Crippen LogP contribution in [0.2, 0.25) is 0 Å². The predicted molar refractivity (Wildman–Crippen MR) is 91.7 cm³/mol. The maximum absolute atomic E-state index is 11.4. The van der Waals surface area contributed by atoms with Crippen LogP contribution < -0.4 is 0 Å². The highest BCUT2D eigenvalue weighted by Gasteiger charge is 2.04. The summed E-state index contributed by atoms with van der Waals surface area (Å²) in [6.07, 6.45) is 2.54. The van der Waals surface area contributed by atoms with Crippen LogP contribution in [0.5, 0.6) is 0 Å². The number of carbonyl (C=O) groups is 2. The van der Waals surface area contributed by atoms with Crippen molar-refractivity contribution in [2.75, 3.05) is 20.8 Å². The normalized spacial score (nSPS) is 10.6. The number of methoxy groups -OCH3 is 2. The first kappa shape index (κ1) is 17.4. The monoisotopic (exact) mass is 325 g/mol. The summed E-state index contributed by atoms with van der Waals surface area (Å²) in [5.74, 6) is -0.691. The molecule has 24 heavy (non-hydrogen) atoms. The van der Waals surface area contributed by atoms with Gasteiger partial charge in [-0.15, -0.1) is 0 Å². The molecule has 0 aromatic heterocycles. The molecule has 0 aliphatic rings. The van der Waals surface area contributed by atoms with Crippen LogP contribution in [0.25, 0.3) is 0 Å². The second-order valence-electron chi connectivity index (χ2n) is 5.09. The molecule has 0 N–H and O–H groups in total. The predicted octanol–water partition coefficient (Wildman–Crippen LogP) is 2.92. The lowest BCUT2D eigenvalue weighted by Gasteiger charge is -2.02. The number of hydrogen-bond donors (Lipinski definition) is 0. The van der Waals surface area contributed by atoms with E-state index in [0.29, 0.717) is 17.7 Å². The Bertz CT molecular complexity index is 718. The standard InChI is InChI=1S/C19H19NO4/c1-23-18(21)16-7-3-14(4-8-16)11-12-20-13-15-5-9-17(10-6-15)19(22)24-2/h3-10,13H,11-12H2,1-2H3. The highest BCUT2D eigenvalue weighted by atomic mass is 16.5. The Morgan fingerprint density at radius 3 is 1.88 bits per heavy atom. The SMILES string of the molecule is COC(=O)c1ccc(C=NCCc2ccc(C(=O)OC)cc2)cc1. The average molecular weight is 325 g/mol. The lowest BCUT2D eigenvalue weighted by molar-refractivity contribution is 0.0592. The zero-order valence-corrected chi connectivity index (χ0v) is 13.7. The van der Waals surface area contributed by atoms with Gasteiger partial charge in [0.15, 0.2) is 0 Å². The fourth-order valence-corrected chi connectivity index (χ4v) is 2.11. The first-order valence-electron chi connectivity index (χ1n) is 7.49. The summed E-state index contributed by atoms with van der Waals surface area (Å²) in [6.45, 7) is 0.635. The van der Waals surface area contributed by atoms with Crippen LogP contribution in [0, 0.1) is 0 Å². The van der Waals surface area contributed by atoms with Gasteiger partial charge in [0.2, 0.25) is 0 Å². The second-order valence-corrected chi connectivity index (χ2v) is 5.09. The van der Waals surface area contributed by atoms with E-state index in [4.69, 9.17) is 0 Å². The maximum atomic E-state index is 11.4. The number of esters is 2. The smallest absolute Gasteiger partial charge is 0.337 e. The number of nitrogens with zero attached hydrogens (tertiary/aromatic N) is 1. The zero-order chi connectivity index (χ0) is 17.4. The van der Waals surface area contributed by atoms with Gasteiger partial charge in [0.1, 0.15) is 0 Å². The van der Waals surface area contributed by atoms with Gasteiger partial charge in [0.25, 0.3) is 0 Å². The van der Waals surface area contributed by atoms with Crippen LogP contribution >= 0.6 is 0 Å². The maximum Gasteiger partial charge on any atom is 0.337 e. The molecular formula is C19H19NO4. The van der Waals surface area contributed by atoms with Crippen LogP contribution in [-0.2, 0) is 15.9 Å². The first-order chi connectivity index (χ1) is 11.6. The summed E-state index contributed by atoms with van der Waals surface area (Å²) in [4.78, 5) is 27.1. The van der Waals surface area contributed by atoms with E-state index in [2.05, 4.69) is 14.5 Å². The summed E-state index contributed by atoms with van der Waals surface area (Å²) in [5, 5.41) is 0. The Morgan fingerprint density at radius 1 is 0.875 bits per heavy atom. The Morgan fingerprint density at radius 2 is 1.38 bits per heavy atom. The quantitative estimate of drug-likeness (QED) is 0.605. The van der Waals surface area contributed by atoms with Crippen molar-refractivity contribution in [1.29, 1.82) is 0 Å². The summed E-state index contributed by atoms with van der Waals surface area (Å²) >= 11 is 0. The minimum absolute atomic E-state index is 0.338. The van der Waals surface area contributed by atoms with Crippen molar-refractivity contribution in [3.63, 3.8) is 0 Å². The van der Waals surface area contributed by atoms with Crippen molar-refractivity contribution in [2.45, 2.75) is 6.42 Å². The van der Waals surface area contributed by atoms with Gasteiger partial charge in [-0.1, -0.05) is 24.3 Å². The third-order valence-corrected chi connectivity index (χ3v) is 3.48. The molecule has 0 unspecified atom stereocenters. The molecule has 0 spiro atoms. The van der Waals surface area contributed by atoms with Gasteiger partial charge in [-0.25, -0.2) is 9.59 Å². The minimum Gasteiger partial charge on any atom is -0.465 e. The molecule has 0 saturated heterocycles. The van der Waals surface area contributed by atoms with E-state index in [0.717, 1.165) is 17.5 Å². The van der Waals surface area contributed by atoms with Crippen molar-refractivity contribution < 1.29 is 19.1 Å². The molecule has 0 fully saturated rings. The molecule has 2 aromatic rings. The fourth-order valence-electron chi connectivity index (χ4n) is 2.11. The molecule has 2 aromatic carbocycles. The molecule has 2 rings (SSSR count). The highest BCUT2D eigenvalue weighted by molar-refractivity contribution is 5.90. The first-order valence-corrected chi connectivity index (χ1v) is 7.49. The van der Waals surface area contributed by atoms with Gasteiger partial charge in [-0.05, 0) is 41.8 Å². The Hall–Kier alpha value is -2.95. The van der Waals surface area contributed by atoms with Crippen molar-refractivity contribution in [2.24, 2.45) is 4.99 Å².